The number of aromatic nitrogens is 1. The number of alkyl halides is 6. The summed E-state index contributed by atoms with van der Waals surface area (Å²) in [5, 5.41) is 0. The molecule has 0 radical (unpaired) electrons. The zero-order valence-corrected chi connectivity index (χ0v) is 10.1. The fraction of sp³-hybridized carbons (Fsp3) is 0.417. The number of nitrogens with zero attached hydrogens (tertiary/aromatic N) is 1. The average Bonchev–Trinajstić information content (AvgIpc) is 2.33. The highest BCUT2D eigenvalue weighted by Gasteiger charge is 2.58. The van der Waals surface area contributed by atoms with E-state index in [4.69, 9.17) is 0 Å². The second-order valence-electron chi connectivity index (χ2n) is 3.94. The van der Waals surface area contributed by atoms with Crippen LogP contribution in [0.15, 0.2) is 37.1 Å². The second kappa shape index (κ2) is 5.82. The van der Waals surface area contributed by atoms with E-state index in [-0.39, 0.29) is 0 Å². The molecule has 0 aliphatic carbocycles. The standard InChI is InChI=1S/C12H11F6NO/c1-2-6-10(12(16,17)18,20-8-11(13,14)15)9-5-3-4-7-19-9/h2-5,7H,1,6,8H2. The molecular formula is C12H11F6NO. The predicted molar refractivity (Wildman–Crippen MR) is 58.8 cm³/mol. The Labute approximate surface area is 111 Å². The van der Waals surface area contributed by atoms with Gasteiger partial charge in [0.05, 0.1) is 5.69 Å². The van der Waals surface area contributed by atoms with Crippen molar-refractivity contribution in [3.8, 4) is 0 Å². The van der Waals surface area contributed by atoms with E-state index in [9.17, 15) is 26.3 Å². The molecule has 20 heavy (non-hydrogen) atoms. The van der Waals surface area contributed by atoms with Crippen molar-refractivity contribution in [1.82, 2.24) is 4.98 Å². The molecule has 2 nitrogen and oxygen atoms in total. The van der Waals surface area contributed by atoms with Gasteiger partial charge in [0.2, 0.25) is 5.60 Å². The average molecular weight is 299 g/mol. The van der Waals surface area contributed by atoms with Crippen LogP contribution >= 0.6 is 0 Å². The molecule has 1 atom stereocenters. The van der Waals surface area contributed by atoms with E-state index in [2.05, 4.69) is 16.3 Å². The molecule has 112 valence electrons. The molecule has 0 bridgehead atoms. The van der Waals surface area contributed by atoms with Gasteiger partial charge in [-0.25, -0.2) is 0 Å². The van der Waals surface area contributed by atoms with Gasteiger partial charge in [-0.05, 0) is 12.1 Å². The molecular weight excluding hydrogens is 288 g/mol. The van der Waals surface area contributed by atoms with E-state index in [1.165, 1.54) is 12.1 Å². The van der Waals surface area contributed by atoms with Gasteiger partial charge >= 0.3 is 12.4 Å². The number of rotatable bonds is 5. The maximum atomic E-state index is 13.2. The van der Waals surface area contributed by atoms with Gasteiger partial charge in [-0.2, -0.15) is 26.3 Å². The molecule has 1 heterocycles. The lowest BCUT2D eigenvalue weighted by atomic mass is 9.93. The van der Waals surface area contributed by atoms with E-state index in [1.807, 2.05) is 0 Å². The molecule has 1 unspecified atom stereocenters. The van der Waals surface area contributed by atoms with Crippen molar-refractivity contribution in [2.45, 2.75) is 24.4 Å². The summed E-state index contributed by atoms with van der Waals surface area (Å²) in [4.78, 5) is 3.48. The third kappa shape index (κ3) is 3.72. The maximum Gasteiger partial charge on any atom is 0.423 e. The van der Waals surface area contributed by atoms with E-state index in [1.54, 1.807) is 0 Å². The minimum Gasteiger partial charge on any atom is -0.350 e. The van der Waals surface area contributed by atoms with Crippen molar-refractivity contribution in [2.75, 3.05) is 6.61 Å². The highest BCUT2D eigenvalue weighted by molar-refractivity contribution is 5.18. The van der Waals surface area contributed by atoms with E-state index in [0.29, 0.717) is 0 Å². The minimum absolute atomic E-state index is 0.642. The molecule has 1 aromatic rings. The Kier molecular flexibility index (Phi) is 4.80. The number of pyridine rings is 1. The molecule has 0 spiro atoms. The first-order valence-corrected chi connectivity index (χ1v) is 5.42. The maximum absolute atomic E-state index is 13.2. The lowest BCUT2D eigenvalue weighted by Gasteiger charge is -2.34. The highest BCUT2D eigenvalue weighted by atomic mass is 19.4. The Morgan fingerprint density at radius 1 is 1.15 bits per heavy atom. The molecule has 0 amide bonds. The summed E-state index contributed by atoms with van der Waals surface area (Å²) < 4.78 is 80.5. The fourth-order valence-corrected chi connectivity index (χ4v) is 1.59. The quantitative estimate of drug-likeness (QED) is 0.606. The molecule has 0 fully saturated rings. The minimum atomic E-state index is -5.07. The van der Waals surface area contributed by atoms with Crippen LogP contribution in [0.3, 0.4) is 0 Å². The van der Waals surface area contributed by atoms with Crippen molar-refractivity contribution >= 4 is 0 Å². The van der Waals surface area contributed by atoms with Gasteiger partial charge in [0, 0.05) is 12.6 Å². The summed E-state index contributed by atoms with van der Waals surface area (Å²) in [5.74, 6) is 0. The van der Waals surface area contributed by atoms with E-state index < -0.39 is 36.7 Å². The van der Waals surface area contributed by atoms with Crippen molar-refractivity contribution in [3.63, 3.8) is 0 Å². The molecule has 8 heteroatoms. The lowest BCUT2D eigenvalue weighted by Crippen LogP contribution is -2.47. The monoisotopic (exact) mass is 299 g/mol. The van der Waals surface area contributed by atoms with Crippen LogP contribution in [0, 0.1) is 0 Å². The number of halogens is 6. The molecule has 0 N–H and O–H groups in total. The summed E-state index contributed by atoms with van der Waals surface area (Å²) in [5.41, 5.74) is -3.80. The third-order valence-electron chi connectivity index (χ3n) is 2.45. The molecule has 1 rings (SSSR count). The Hall–Kier alpha value is -1.57. The molecule has 0 aromatic carbocycles. The summed E-state index contributed by atoms with van der Waals surface area (Å²) >= 11 is 0. The molecule has 0 aliphatic heterocycles. The summed E-state index contributed by atoms with van der Waals surface area (Å²) in [6, 6.07) is 3.55. The van der Waals surface area contributed by atoms with Crippen LogP contribution in [-0.4, -0.2) is 23.9 Å². The van der Waals surface area contributed by atoms with Crippen molar-refractivity contribution in [3.05, 3.63) is 42.7 Å². The van der Waals surface area contributed by atoms with Crippen LogP contribution in [0.4, 0.5) is 26.3 Å². The predicted octanol–water partition coefficient (Wildman–Crippen LogP) is 3.99. The van der Waals surface area contributed by atoms with Gasteiger partial charge in [-0.1, -0.05) is 12.1 Å². The van der Waals surface area contributed by atoms with Crippen LogP contribution in [-0.2, 0) is 10.3 Å². The fourth-order valence-electron chi connectivity index (χ4n) is 1.59. The van der Waals surface area contributed by atoms with Gasteiger partial charge in [0.25, 0.3) is 0 Å². The lowest BCUT2D eigenvalue weighted by molar-refractivity contribution is -0.310. The Morgan fingerprint density at radius 3 is 2.20 bits per heavy atom. The van der Waals surface area contributed by atoms with Gasteiger partial charge in [0.15, 0.2) is 0 Å². The Morgan fingerprint density at radius 2 is 1.80 bits per heavy atom. The Balaban J connectivity index is 3.26. The third-order valence-corrected chi connectivity index (χ3v) is 2.45. The number of hydrogen-bond acceptors (Lipinski definition) is 2. The normalized spacial score (nSPS) is 15.7. The SMILES string of the molecule is C=CCC(OCC(F)(F)F)(c1ccccn1)C(F)(F)F. The molecule has 0 saturated carbocycles. The van der Waals surface area contributed by atoms with Crippen LogP contribution in [0.2, 0.25) is 0 Å². The summed E-state index contributed by atoms with van der Waals surface area (Å²) in [7, 11) is 0. The van der Waals surface area contributed by atoms with Gasteiger partial charge in [-0.3, -0.25) is 4.98 Å². The van der Waals surface area contributed by atoms with Crippen molar-refractivity contribution in [1.29, 1.82) is 0 Å². The molecule has 0 saturated heterocycles. The highest BCUT2D eigenvalue weighted by Crippen LogP contribution is 2.45. The smallest absolute Gasteiger partial charge is 0.350 e. The second-order valence-corrected chi connectivity index (χ2v) is 3.94. The zero-order chi connectivity index (χ0) is 15.4. The zero-order valence-electron chi connectivity index (χ0n) is 10.1. The number of ether oxygens (including phenoxy) is 1. The topological polar surface area (TPSA) is 22.1 Å². The van der Waals surface area contributed by atoms with Crippen molar-refractivity contribution in [2.24, 2.45) is 0 Å². The first-order valence-electron chi connectivity index (χ1n) is 5.42. The summed E-state index contributed by atoms with van der Waals surface area (Å²) in [6.45, 7) is 1.11. The first kappa shape index (κ1) is 16.5. The molecule has 1 aromatic heterocycles. The van der Waals surface area contributed by atoms with Crippen LogP contribution < -0.4 is 0 Å². The largest absolute Gasteiger partial charge is 0.423 e. The Bertz CT molecular complexity index is 442. The summed E-state index contributed by atoms with van der Waals surface area (Å²) in [6.07, 6.45) is -8.93. The van der Waals surface area contributed by atoms with Crippen LogP contribution in [0.1, 0.15) is 12.1 Å². The van der Waals surface area contributed by atoms with Gasteiger partial charge < -0.3 is 4.74 Å². The van der Waals surface area contributed by atoms with Gasteiger partial charge in [-0.15, -0.1) is 6.58 Å². The van der Waals surface area contributed by atoms with E-state index >= 15 is 0 Å². The van der Waals surface area contributed by atoms with Crippen LogP contribution in [0.25, 0.3) is 0 Å². The number of hydrogen-bond donors (Lipinski definition) is 0. The van der Waals surface area contributed by atoms with Crippen molar-refractivity contribution < 1.29 is 31.1 Å². The van der Waals surface area contributed by atoms with E-state index in [0.717, 1.165) is 18.3 Å². The first-order chi connectivity index (χ1) is 9.12. The van der Waals surface area contributed by atoms with Crippen LogP contribution in [0.5, 0.6) is 0 Å². The molecule has 0 aliphatic rings. The van der Waals surface area contributed by atoms with Gasteiger partial charge in [0.1, 0.15) is 6.61 Å².